The summed E-state index contributed by atoms with van der Waals surface area (Å²) < 4.78 is 5.54. The highest BCUT2D eigenvalue weighted by Gasteiger charge is 2.26. The van der Waals surface area contributed by atoms with Crippen LogP contribution < -0.4 is 19.9 Å². The van der Waals surface area contributed by atoms with Gasteiger partial charge in [0.25, 0.3) is 0 Å². The zero-order chi connectivity index (χ0) is 20.8. The Labute approximate surface area is 203 Å². The third-order valence-electron chi connectivity index (χ3n) is 6.17. The Morgan fingerprint density at radius 1 is 0.968 bits per heavy atom. The van der Waals surface area contributed by atoms with E-state index >= 15 is 0 Å². The molecular formula is C24H34IN5O. The van der Waals surface area contributed by atoms with Gasteiger partial charge >= 0.3 is 0 Å². The van der Waals surface area contributed by atoms with Crippen LogP contribution in [0, 0.1) is 5.92 Å². The SMILES string of the molecule is CN=C(NCC1CCN(c2ccccc2OC)C1)N1CCN(c2ccccc2)CC1.I. The van der Waals surface area contributed by atoms with Crippen LogP contribution >= 0.6 is 24.0 Å². The average Bonchev–Trinajstić information content (AvgIpc) is 3.29. The molecule has 1 unspecified atom stereocenters. The van der Waals surface area contributed by atoms with Gasteiger partial charge in [-0.3, -0.25) is 4.99 Å². The number of nitrogens with one attached hydrogen (secondary N) is 1. The number of benzene rings is 2. The Hall–Kier alpha value is -2.16. The minimum Gasteiger partial charge on any atom is -0.495 e. The maximum atomic E-state index is 5.54. The number of nitrogens with zero attached hydrogens (tertiary/aromatic N) is 4. The van der Waals surface area contributed by atoms with E-state index in [9.17, 15) is 0 Å². The van der Waals surface area contributed by atoms with Crippen molar-refractivity contribution in [1.82, 2.24) is 10.2 Å². The monoisotopic (exact) mass is 535 g/mol. The number of rotatable bonds is 5. The van der Waals surface area contributed by atoms with Crippen LogP contribution in [0.15, 0.2) is 59.6 Å². The van der Waals surface area contributed by atoms with Gasteiger partial charge in [-0.25, -0.2) is 0 Å². The molecule has 4 rings (SSSR count). The molecule has 2 heterocycles. The number of ether oxygens (including phenoxy) is 1. The second kappa shape index (κ2) is 11.5. The predicted octanol–water partition coefficient (Wildman–Crippen LogP) is 3.54. The molecule has 2 fully saturated rings. The van der Waals surface area contributed by atoms with Crippen LogP contribution in [0.25, 0.3) is 0 Å². The lowest BCUT2D eigenvalue weighted by molar-refractivity contribution is 0.369. The van der Waals surface area contributed by atoms with Crippen LogP contribution in [0.4, 0.5) is 11.4 Å². The van der Waals surface area contributed by atoms with Crippen LogP contribution in [0.5, 0.6) is 5.75 Å². The molecule has 0 aromatic heterocycles. The molecule has 0 amide bonds. The van der Waals surface area contributed by atoms with Crippen LogP contribution in [0.2, 0.25) is 0 Å². The Morgan fingerprint density at radius 3 is 2.39 bits per heavy atom. The van der Waals surface area contributed by atoms with Crippen molar-refractivity contribution in [2.24, 2.45) is 10.9 Å². The highest BCUT2D eigenvalue weighted by atomic mass is 127. The van der Waals surface area contributed by atoms with E-state index in [1.54, 1.807) is 7.11 Å². The van der Waals surface area contributed by atoms with Crippen LogP contribution in [-0.4, -0.2) is 70.8 Å². The zero-order valence-corrected chi connectivity index (χ0v) is 20.9. The van der Waals surface area contributed by atoms with Crippen molar-refractivity contribution in [3.8, 4) is 5.75 Å². The number of para-hydroxylation sites is 3. The second-order valence-electron chi connectivity index (χ2n) is 8.01. The Kier molecular flexibility index (Phi) is 8.69. The quantitative estimate of drug-likeness (QED) is 0.361. The maximum Gasteiger partial charge on any atom is 0.193 e. The standard InChI is InChI=1S/C24H33N5O.HI/c1-25-24(28-16-14-27(15-17-28)21-8-4-3-5-9-21)26-18-20-12-13-29(19-20)22-10-6-7-11-23(22)30-2;/h3-11,20H,12-19H2,1-2H3,(H,25,26);1H. The molecule has 0 aliphatic carbocycles. The van der Waals surface area contributed by atoms with Gasteiger partial charge in [0.2, 0.25) is 0 Å². The lowest BCUT2D eigenvalue weighted by Gasteiger charge is -2.38. The number of methoxy groups -OCH3 is 1. The van der Waals surface area contributed by atoms with Gasteiger partial charge in [0.05, 0.1) is 12.8 Å². The molecule has 2 aliphatic heterocycles. The summed E-state index contributed by atoms with van der Waals surface area (Å²) in [6.45, 7) is 7.11. The van der Waals surface area contributed by atoms with Gasteiger partial charge in [0.1, 0.15) is 5.75 Å². The first-order valence-electron chi connectivity index (χ1n) is 10.9. The van der Waals surface area contributed by atoms with E-state index in [1.165, 1.54) is 17.8 Å². The summed E-state index contributed by atoms with van der Waals surface area (Å²) in [5.41, 5.74) is 2.51. The molecule has 2 aromatic rings. The Balaban J connectivity index is 0.00000272. The highest BCUT2D eigenvalue weighted by Crippen LogP contribution is 2.31. The first-order chi connectivity index (χ1) is 14.8. The van der Waals surface area contributed by atoms with Gasteiger partial charge in [-0.05, 0) is 36.6 Å². The number of guanidine groups is 1. The number of anilines is 2. The fraction of sp³-hybridized carbons (Fsp3) is 0.458. The Bertz CT molecular complexity index is 839. The molecule has 0 bridgehead atoms. The Morgan fingerprint density at radius 2 is 1.68 bits per heavy atom. The van der Waals surface area contributed by atoms with E-state index in [4.69, 9.17) is 4.74 Å². The fourth-order valence-electron chi connectivity index (χ4n) is 4.49. The molecule has 31 heavy (non-hydrogen) atoms. The van der Waals surface area contributed by atoms with Gasteiger partial charge in [-0.2, -0.15) is 0 Å². The normalized spacial score (nSPS) is 19.2. The average molecular weight is 535 g/mol. The fourth-order valence-corrected chi connectivity index (χ4v) is 4.49. The zero-order valence-electron chi connectivity index (χ0n) is 18.5. The molecule has 168 valence electrons. The predicted molar refractivity (Wildman–Crippen MR) is 140 cm³/mol. The van der Waals surface area contributed by atoms with Crippen LogP contribution in [-0.2, 0) is 0 Å². The molecule has 0 radical (unpaired) electrons. The molecule has 2 aromatic carbocycles. The van der Waals surface area contributed by atoms with E-state index < -0.39 is 0 Å². The summed E-state index contributed by atoms with van der Waals surface area (Å²) in [4.78, 5) is 11.8. The van der Waals surface area contributed by atoms with Gasteiger partial charge < -0.3 is 24.8 Å². The van der Waals surface area contributed by atoms with Crippen molar-refractivity contribution >= 4 is 41.3 Å². The molecule has 7 heteroatoms. The number of hydrogen-bond acceptors (Lipinski definition) is 4. The van der Waals surface area contributed by atoms with E-state index in [2.05, 4.69) is 67.5 Å². The molecule has 0 saturated carbocycles. The summed E-state index contributed by atoms with van der Waals surface area (Å²) in [6, 6.07) is 19.0. The third kappa shape index (κ3) is 5.75. The molecule has 6 nitrogen and oxygen atoms in total. The summed E-state index contributed by atoms with van der Waals surface area (Å²) in [6.07, 6.45) is 1.18. The second-order valence-corrected chi connectivity index (χ2v) is 8.01. The van der Waals surface area contributed by atoms with Crippen LogP contribution in [0.3, 0.4) is 0 Å². The van der Waals surface area contributed by atoms with E-state index in [1.807, 2.05) is 19.2 Å². The minimum atomic E-state index is 0. The smallest absolute Gasteiger partial charge is 0.193 e. The molecular weight excluding hydrogens is 501 g/mol. The lowest BCUT2D eigenvalue weighted by Crippen LogP contribution is -2.53. The summed E-state index contributed by atoms with van der Waals surface area (Å²) in [5, 5.41) is 3.64. The van der Waals surface area contributed by atoms with E-state index in [-0.39, 0.29) is 24.0 Å². The van der Waals surface area contributed by atoms with Crippen molar-refractivity contribution < 1.29 is 4.74 Å². The van der Waals surface area contributed by atoms with Crippen molar-refractivity contribution in [2.45, 2.75) is 6.42 Å². The van der Waals surface area contributed by atoms with Crippen molar-refractivity contribution in [2.75, 3.05) is 69.8 Å². The summed E-state index contributed by atoms with van der Waals surface area (Å²) in [5.74, 6) is 2.59. The van der Waals surface area contributed by atoms with Gasteiger partial charge in [0.15, 0.2) is 5.96 Å². The van der Waals surface area contributed by atoms with Crippen LogP contribution in [0.1, 0.15) is 6.42 Å². The molecule has 2 aliphatic rings. The molecule has 2 saturated heterocycles. The molecule has 0 spiro atoms. The van der Waals surface area contributed by atoms with E-state index in [0.717, 1.165) is 57.5 Å². The highest BCUT2D eigenvalue weighted by molar-refractivity contribution is 14.0. The largest absolute Gasteiger partial charge is 0.495 e. The number of piperazine rings is 1. The van der Waals surface area contributed by atoms with Crippen molar-refractivity contribution in [1.29, 1.82) is 0 Å². The summed E-state index contributed by atoms with van der Waals surface area (Å²) in [7, 11) is 3.64. The van der Waals surface area contributed by atoms with Gasteiger partial charge in [0, 0.05) is 58.5 Å². The van der Waals surface area contributed by atoms with Gasteiger partial charge in [-0.15, -0.1) is 24.0 Å². The lowest BCUT2D eigenvalue weighted by atomic mass is 10.1. The van der Waals surface area contributed by atoms with E-state index in [0.29, 0.717) is 5.92 Å². The van der Waals surface area contributed by atoms with Crippen molar-refractivity contribution in [3.05, 3.63) is 54.6 Å². The topological polar surface area (TPSA) is 43.3 Å². The first-order valence-corrected chi connectivity index (χ1v) is 10.9. The molecule has 1 atom stereocenters. The number of halogens is 1. The maximum absolute atomic E-state index is 5.54. The first kappa shape index (κ1) is 23.5. The van der Waals surface area contributed by atoms with Crippen molar-refractivity contribution in [3.63, 3.8) is 0 Å². The third-order valence-corrected chi connectivity index (χ3v) is 6.17. The van der Waals surface area contributed by atoms with Gasteiger partial charge in [-0.1, -0.05) is 30.3 Å². The number of aliphatic imine (C=N–C) groups is 1. The molecule has 1 N–H and O–H groups in total. The summed E-state index contributed by atoms with van der Waals surface area (Å²) >= 11 is 0. The number of hydrogen-bond donors (Lipinski definition) is 1. The minimum absolute atomic E-state index is 0.